The molecule has 0 aromatic heterocycles. The van der Waals surface area contributed by atoms with Crippen LogP contribution in [0.3, 0.4) is 0 Å². The monoisotopic (exact) mass is 487 g/mol. The van der Waals surface area contributed by atoms with Crippen molar-refractivity contribution in [1.29, 1.82) is 0 Å². The number of ether oxygens (including phenoxy) is 6. The number of unbranched alkanes of at least 4 members (excludes halogenated alkanes) is 2. The van der Waals surface area contributed by atoms with Crippen molar-refractivity contribution in [3.63, 3.8) is 0 Å². The normalized spacial score (nSPS) is 19.1. The minimum absolute atomic E-state index is 0.177. The number of nitrogens with two attached hydrogens (primary N) is 1. The predicted octanol–water partition coefficient (Wildman–Crippen LogP) is 5.01. The van der Waals surface area contributed by atoms with Crippen LogP contribution in [0.2, 0.25) is 0 Å². The molecular formula is C28H41NO6. The molecule has 7 nitrogen and oxygen atoms in total. The SMILES string of the molecule is COCOc1ccc(C2(C)COc3cc(OCOC)ccc3C2CCCCOCCCCN)cc1. The van der Waals surface area contributed by atoms with E-state index < -0.39 is 0 Å². The summed E-state index contributed by atoms with van der Waals surface area (Å²) in [5.41, 5.74) is 7.83. The Hall–Kier alpha value is -2.32. The quantitative estimate of drug-likeness (QED) is 0.263. The molecule has 0 fully saturated rings. The average Bonchev–Trinajstić information content (AvgIpc) is 2.89. The molecule has 3 rings (SSSR count). The highest BCUT2D eigenvalue weighted by Gasteiger charge is 2.42. The van der Waals surface area contributed by atoms with Crippen LogP contribution in [0, 0.1) is 0 Å². The van der Waals surface area contributed by atoms with E-state index in [0.717, 1.165) is 69.1 Å². The first-order valence-electron chi connectivity index (χ1n) is 12.5. The Morgan fingerprint density at radius 3 is 2.23 bits per heavy atom. The second-order valence-corrected chi connectivity index (χ2v) is 9.19. The fourth-order valence-corrected chi connectivity index (χ4v) is 4.64. The summed E-state index contributed by atoms with van der Waals surface area (Å²) in [6.07, 6.45) is 5.19. The molecule has 0 aliphatic carbocycles. The van der Waals surface area contributed by atoms with Gasteiger partial charge in [0, 0.05) is 44.8 Å². The van der Waals surface area contributed by atoms with E-state index in [-0.39, 0.29) is 19.0 Å². The van der Waals surface area contributed by atoms with Gasteiger partial charge in [0.1, 0.15) is 17.2 Å². The highest BCUT2D eigenvalue weighted by Crippen LogP contribution is 2.49. The summed E-state index contributed by atoms with van der Waals surface area (Å²) < 4.78 is 33.4. The molecule has 2 atom stereocenters. The molecule has 1 aliphatic heterocycles. The van der Waals surface area contributed by atoms with Gasteiger partial charge in [-0.05, 0) is 61.6 Å². The summed E-state index contributed by atoms with van der Waals surface area (Å²) in [6.45, 7) is 5.63. The van der Waals surface area contributed by atoms with Crippen LogP contribution < -0.4 is 19.9 Å². The summed E-state index contributed by atoms with van der Waals surface area (Å²) in [5, 5.41) is 0. The maximum atomic E-state index is 6.31. The van der Waals surface area contributed by atoms with E-state index in [1.54, 1.807) is 14.2 Å². The molecule has 1 heterocycles. The van der Waals surface area contributed by atoms with E-state index in [2.05, 4.69) is 25.1 Å². The summed E-state index contributed by atoms with van der Waals surface area (Å²) >= 11 is 0. The summed E-state index contributed by atoms with van der Waals surface area (Å²) in [7, 11) is 3.23. The van der Waals surface area contributed by atoms with Crippen LogP contribution in [0.1, 0.15) is 56.1 Å². The Morgan fingerprint density at radius 1 is 0.886 bits per heavy atom. The zero-order chi connectivity index (χ0) is 24.9. The summed E-state index contributed by atoms with van der Waals surface area (Å²) in [6, 6.07) is 14.4. The van der Waals surface area contributed by atoms with Crippen molar-refractivity contribution in [3.05, 3.63) is 53.6 Å². The highest BCUT2D eigenvalue weighted by atomic mass is 16.7. The van der Waals surface area contributed by atoms with E-state index >= 15 is 0 Å². The zero-order valence-electron chi connectivity index (χ0n) is 21.4. The molecule has 2 unspecified atom stereocenters. The van der Waals surface area contributed by atoms with Gasteiger partial charge in [0.15, 0.2) is 13.6 Å². The van der Waals surface area contributed by atoms with Crippen molar-refractivity contribution in [2.75, 3.05) is 54.2 Å². The molecule has 0 saturated carbocycles. The molecular weight excluding hydrogens is 446 g/mol. The fraction of sp³-hybridized carbons (Fsp3) is 0.571. The van der Waals surface area contributed by atoms with Crippen molar-refractivity contribution in [2.45, 2.75) is 50.4 Å². The van der Waals surface area contributed by atoms with Crippen LogP contribution in [-0.4, -0.2) is 54.2 Å². The maximum absolute atomic E-state index is 6.31. The zero-order valence-corrected chi connectivity index (χ0v) is 21.4. The molecule has 2 aromatic rings. The van der Waals surface area contributed by atoms with E-state index in [1.165, 1.54) is 11.1 Å². The maximum Gasteiger partial charge on any atom is 0.188 e. The van der Waals surface area contributed by atoms with Gasteiger partial charge in [0.25, 0.3) is 0 Å². The summed E-state index contributed by atoms with van der Waals surface area (Å²) in [5.74, 6) is 2.72. The smallest absolute Gasteiger partial charge is 0.188 e. The van der Waals surface area contributed by atoms with Crippen LogP contribution in [0.4, 0.5) is 0 Å². The lowest BCUT2D eigenvalue weighted by Crippen LogP contribution is -2.40. The molecule has 35 heavy (non-hydrogen) atoms. The van der Waals surface area contributed by atoms with Crippen LogP contribution in [0.25, 0.3) is 0 Å². The van der Waals surface area contributed by atoms with Gasteiger partial charge in [-0.1, -0.05) is 31.5 Å². The van der Waals surface area contributed by atoms with Gasteiger partial charge >= 0.3 is 0 Å². The van der Waals surface area contributed by atoms with Crippen molar-refractivity contribution >= 4 is 0 Å². The van der Waals surface area contributed by atoms with Gasteiger partial charge in [0.2, 0.25) is 0 Å². The van der Waals surface area contributed by atoms with Gasteiger partial charge in [0.05, 0.1) is 6.61 Å². The minimum Gasteiger partial charge on any atom is -0.492 e. The number of rotatable bonds is 16. The topological polar surface area (TPSA) is 81.4 Å². The fourth-order valence-electron chi connectivity index (χ4n) is 4.64. The molecule has 0 amide bonds. The number of hydrogen-bond donors (Lipinski definition) is 1. The number of methoxy groups -OCH3 is 2. The van der Waals surface area contributed by atoms with Gasteiger partial charge < -0.3 is 34.2 Å². The second kappa shape index (κ2) is 14.3. The minimum atomic E-state index is -0.177. The van der Waals surface area contributed by atoms with Crippen molar-refractivity contribution < 1.29 is 28.4 Å². The van der Waals surface area contributed by atoms with E-state index in [1.807, 2.05) is 24.3 Å². The van der Waals surface area contributed by atoms with E-state index in [9.17, 15) is 0 Å². The molecule has 0 saturated heterocycles. The van der Waals surface area contributed by atoms with Crippen molar-refractivity contribution in [3.8, 4) is 17.2 Å². The summed E-state index contributed by atoms with van der Waals surface area (Å²) in [4.78, 5) is 0. The lowest BCUT2D eigenvalue weighted by atomic mass is 9.66. The third-order valence-electron chi connectivity index (χ3n) is 6.63. The van der Waals surface area contributed by atoms with E-state index in [0.29, 0.717) is 12.5 Å². The Kier molecular flexibility index (Phi) is 11.1. The van der Waals surface area contributed by atoms with Crippen molar-refractivity contribution in [1.82, 2.24) is 0 Å². The first kappa shape index (κ1) is 27.3. The third kappa shape index (κ3) is 7.58. The molecule has 0 radical (unpaired) electrons. The number of hydrogen-bond acceptors (Lipinski definition) is 7. The standard InChI is InChI=1S/C28H41NO6/c1-28(22-9-11-23(12-10-22)34-20-30-2)19-33-27-18-24(35-21-31-3)13-14-25(27)26(28)8-4-6-16-32-17-7-5-15-29/h9-14,18,26H,4-8,15-17,19-21,29H2,1-3H3. The number of fused-ring (bicyclic) bond motifs is 1. The number of benzene rings is 2. The molecule has 2 aromatic carbocycles. The Morgan fingerprint density at radius 2 is 1.54 bits per heavy atom. The first-order chi connectivity index (χ1) is 17.1. The lowest BCUT2D eigenvalue weighted by molar-refractivity contribution is 0.0505. The molecule has 194 valence electrons. The Labute approximate surface area is 209 Å². The molecule has 7 heteroatoms. The molecule has 2 N–H and O–H groups in total. The third-order valence-corrected chi connectivity index (χ3v) is 6.63. The Balaban J connectivity index is 1.74. The molecule has 0 bridgehead atoms. The molecule has 1 aliphatic rings. The van der Waals surface area contributed by atoms with Crippen molar-refractivity contribution in [2.24, 2.45) is 5.73 Å². The molecule has 0 spiro atoms. The van der Waals surface area contributed by atoms with Gasteiger partial charge in [-0.3, -0.25) is 0 Å². The lowest BCUT2D eigenvalue weighted by Gasteiger charge is -2.43. The van der Waals surface area contributed by atoms with Gasteiger partial charge in [-0.25, -0.2) is 0 Å². The van der Waals surface area contributed by atoms with Gasteiger partial charge in [-0.2, -0.15) is 0 Å². The average molecular weight is 488 g/mol. The highest BCUT2D eigenvalue weighted by molar-refractivity contribution is 5.48. The van der Waals surface area contributed by atoms with Gasteiger partial charge in [-0.15, -0.1) is 0 Å². The largest absolute Gasteiger partial charge is 0.492 e. The first-order valence-corrected chi connectivity index (χ1v) is 12.5. The van der Waals surface area contributed by atoms with Crippen LogP contribution in [-0.2, 0) is 19.6 Å². The predicted molar refractivity (Wildman–Crippen MR) is 136 cm³/mol. The van der Waals surface area contributed by atoms with Crippen LogP contribution >= 0.6 is 0 Å². The van der Waals surface area contributed by atoms with Crippen LogP contribution in [0.15, 0.2) is 42.5 Å². The second-order valence-electron chi connectivity index (χ2n) is 9.19. The van der Waals surface area contributed by atoms with Crippen LogP contribution in [0.5, 0.6) is 17.2 Å². The Bertz CT molecular complexity index is 874. The van der Waals surface area contributed by atoms with E-state index in [4.69, 9.17) is 34.2 Å².